The van der Waals surface area contributed by atoms with Gasteiger partial charge in [-0.15, -0.1) is 0 Å². The summed E-state index contributed by atoms with van der Waals surface area (Å²) in [6.45, 7) is 1.85. The zero-order valence-corrected chi connectivity index (χ0v) is 13.9. The summed E-state index contributed by atoms with van der Waals surface area (Å²) in [5.41, 5.74) is 3.20. The summed E-state index contributed by atoms with van der Waals surface area (Å²) in [4.78, 5) is 27.1. The molecule has 1 amide bonds. The average molecular weight is 340 g/mol. The Morgan fingerprint density at radius 1 is 1.20 bits per heavy atom. The average Bonchev–Trinajstić information content (AvgIpc) is 2.89. The third-order valence-electron chi connectivity index (χ3n) is 3.99. The first-order valence-electron chi connectivity index (χ1n) is 7.73. The van der Waals surface area contributed by atoms with Crippen molar-refractivity contribution in [1.29, 1.82) is 0 Å². The van der Waals surface area contributed by atoms with Crippen LogP contribution in [0.1, 0.15) is 21.6 Å². The largest absolute Gasteiger partial charge is 0.465 e. The Morgan fingerprint density at radius 2 is 2.00 bits per heavy atom. The number of ether oxygens (including phenoxy) is 1. The summed E-state index contributed by atoms with van der Waals surface area (Å²) in [5, 5.41) is 3.44. The minimum absolute atomic E-state index is 0.0950. The highest BCUT2D eigenvalue weighted by Gasteiger charge is 2.14. The SMILES string of the molecule is COC(=O)c1cccc(NC(=O)Cc2c(C)[nH]c3ccc(F)cc23)c1. The Labute approximate surface area is 143 Å². The molecule has 2 aromatic carbocycles. The maximum absolute atomic E-state index is 13.5. The number of rotatable bonds is 4. The van der Waals surface area contributed by atoms with E-state index in [1.165, 1.54) is 19.2 Å². The molecule has 1 heterocycles. The van der Waals surface area contributed by atoms with Gasteiger partial charge in [-0.05, 0) is 48.9 Å². The number of halogens is 1. The molecule has 3 aromatic rings. The zero-order valence-electron chi connectivity index (χ0n) is 13.9. The summed E-state index contributed by atoms with van der Waals surface area (Å²) in [7, 11) is 1.30. The first-order chi connectivity index (χ1) is 12.0. The van der Waals surface area contributed by atoms with E-state index in [1.54, 1.807) is 30.3 Å². The molecule has 25 heavy (non-hydrogen) atoms. The van der Waals surface area contributed by atoms with Gasteiger partial charge in [0.1, 0.15) is 5.82 Å². The summed E-state index contributed by atoms with van der Waals surface area (Å²) in [6.07, 6.45) is 0.0950. The number of aromatic nitrogens is 1. The fraction of sp³-hybridized carbons (Fsp3) is 0.158. The molecule has 0 fully saturated rings. The van der Waals surface area contributed by atoms with Crippen molar-refractivity contribution in [2.24, 2.45) is 0 Å². The van der Waals surface area contributed by atoms with Gasteiger partial charge in [0.2, 0.25) is 5.91 Å². The molecule has 3 rings (SSSR count). The number of aryl methyl sites for hydroxylation is 1. The molecule has 0 saturated heterocycles. The van der Waals surface area contributed by atoms with Crippen LogP contribution >= 0.6 is 0 Å². The molecule has 5 nitrogen and oxygen atoms in total. The maximum atomic E-state index is 13.5. The minimum atomic E-state index is -0.473. The Bertz CT molecular complexity index is 962. The molecule has 0 aliphatic rings. The quantitative estimate of drug-likeness (QED) is 0.713. The van der Waals surface area contributed by atoms with Crippen LogP contribution in [0.4, 0.5) is 10.1 Å². The number of amides is 1. The highest BCUT2D eigenvalue weighted by atomic mass is 19.1. The van der Waals surface area contributed by atoms with Crippen LogP contribution in [0.15, 0.2) is 42.5 Å². The second-order valence-corrected chi connectivity index (χ2v) is 5.72. The van der Waals surface area contributed by atoms with Crippen LogP contribution in [0.25, 0.3) is 10.9 Å². The van der Waals surface area contributed by atoms with Crippen LogP contribution in [0.3, 0.4) is 0 Å². The van der Waals surface area contributed by atoms with Gasteiger partial charge in [0.15, 0.2) is 0 Å². The third-order valence-corrected chi connectivity index (χ3v) is 3.99. The fourth-order valence-electron chi connectivity index (χ4n) is 2.79. The first-order valence-corrected chi connectivity index (χ1v) is 7.73. The van der Waals surface area contributed by atoms with Gasteiger partial charge < -0.3 is 15.0 Å². The van der Waals surface area contributed by atoms with Gasteiger partial charge in [0, 0.05) is 22.3 Å². The lowest BCUT2D eigenvalue weighted by molar-refractivity contribution is -0.115. The highest BCUT2D eigenvalue weighted by molar-refractivity contribution is 5.97. The van der Waals surface area contributed by atoms with Crippen molar-refractivity contribution < 1.29 is 18.7 Å². The van der Waals surface area contributed by atoms with E-state index >= 15 is 0 Å². The number of esters is 1. The number of carbonyl (C=O) groups excluding carboxylic acids is 2. The topological polar surface area (TPSA) is 71.2 Å². The lowest BCUT2D eigenvalue weighted by Gasteiger charge is -2.07. The number of H-pyrrole nitrogens is 1. The van der Waals surface area contributed by atoms with Crippen LogP contribution in [0.2, 0.25) is 0 Å². The van der Waals surface area contributed by atoms with E-state index in [1.807, 2.05) is 6.92 Å². The van der Waals surface area contributed by atoms with Crippen molar-refractivity contribution in [3.05, 3.63) is 65.1 Å². The lowest BCUT2D eigenvalue weighted by Crippen LogP contribution is -2.15. The van der Waals surface area contributed by atoms with Crippen LogP contribution in [-0.2, 0) is 16.0 Å². The number of aromatic amines is 1. The van der Waals surface area contributed by atoms with E-state index in [0.717, 1.165) is 16.8 Å². The predicted octanol–water partition coefficient (Wildman–Crippen LogP) is 3.58. The number of nitrogens with one attached hydrogen (secondary N) is 2. The maximum Gasteiger partial charge on any atom is 0.337 e. The number of anilines is 1. The molecule has 0 unspecified atom stereocenters. The number of hydrogen-bond donors (Lipinski definition) is 2. The van der Waals surface area contributed by atoms with Crippen molar-refractivity contribution in [2.45, 2.75) is 13.3 Å². The number of benzene rings is 2. The summed E-state index contributed by atoms with van der Waals surface area (Å²) >= 11 is 0. The van der Waals surface area contributed by atoms with Gasteiger partial charge in [-0.1, -0.05) is 6.07 Å². The standard InChI is InChI=1S/C19H17FN2O3/c1-11-15(16-9-13(20)6-7-17(16)21-11)10-18(23)22-14-5-3-4-12(8-14)19(24)25-2/h3-9,21H,10H2,1-2H3,(H,22,23). The van der Waals surface area contributed by atoms with Gasteiger partial charge >= 0.3 is 5.97 Å². The summed E-state index contributed by atoms with van der Waals surface area (Å²) < 4.78 is 18.2. The van der Waals surface area contributed by atoms with Gasteiger partial charge in [0.05, 0.1) is 19.1 Å². The van der Waals surface area contributed by atoms with Crippen molar-refractivity contribution in [3.8, 4) is 0 Å². The molecule has 0 spiro atoms. The van der Waals surface area contributed by atoms with Crippen molar-refractivity contribution in [3.63, 3.8) is 0 Å². The molecule has 0 bridgehead atoms. The van der Waals surface area contributed by atoms with Crippen molar-refractivity contribution in [2.75, 3.05) is 12.4 Å². The van der Waals surface area contributed by atoms with Crippen molar-refractivity contribution >= 4 is 28.5 Å². The van der Waals surface area contributed by atoms with Gasteiger partial charge in [-0.25, -0.2) is 9.18 Å². The van der Waals surface area contributed by atoms with Crippen LogP contribution in [-0.4, -0.2) is 24.0 Å². The minimum Gasteiger partial charge on any atom is -0.465 e. The summed E-state index contributed by atoms with van der Waals surface area (Å²) in [5.74, 6) is -1.08. The molecular formula is C19H17FN2O3. The van der Waals surface area contributed by atoms with E-state index in [-0.39, 0.29) is 18.1 Å². The molecule has 6 heteroatoms. The molecule has 128 valence electrons. The normalized spacial score (nSPS) is 10.7. The third kappa shape index (κ3) is 3.52. The van der Waals surface area contributed by atoms with Gasteiger partial charge in [-0.3, -0.25) is 4.79 Å². The second kappa shape index (κ2) is 6.76. The van der Waals surface area contributed by atoms with E-state index < -0.39 is 5.97 Å². The molecular weight excluding hydrogens is 323 g/mol. The lowest BCUT2D eigenvalue weighted by atomic mass is 10.1. The molecule has 0 atom stereocenters. The first kappa shape index (κ1) is 16.7. The second-order valence-electron chi connectivity index (χ2n) is 5.72. The summed E-state index contributed by atoms with van der Waals surface area (Å²) in [6, 6.07) is 10.9. The monoisotopic (exact) mass is 340 g/mol. The van der Waals surface area contributed by atoms with E-state index in [4.69, 9.17) is 0 Å². The molecule has 0 saturated carbocycles. The number of methoxy groups -OCH3 is 1. The predicted molar refractivity (Wildman–Crippen MR) is 93.1 cm³/mol. The van der Waals surface area contributed by atoms with E-state index in [9.17, 15) is 14.0 Å². The van der Waals surface area contributed by atoms with Gasteiger partial charge in [0.25, 0.3) is 0 Å². The molecule has 0 radical (unpaired) electrons. The Morgan fingerprint density at radius 3 is 2.76 bits per heavy atom. The van der Waals surface area contributed by atoms with Crippen LogP contribution in [0.5, 0.6) is 0 Å². The van der Waals surface area contributed by atoms with E-state index in [2.05, 4.69) is 15.0 Å². The van der Waals surface area contributed by atoms with Crippen LogP contribution < -0.4 is 5.32 Å². The number of carbonyl (C=O) groups is 2. The Kier molecular flexibility index (Phi) is 4.52. The smallest absolute Gasteiger partial charge is 0.337 e. The van der Waals surface area contributed by atoms with Crippen molar-refractivity contribution in [1.82, 2.24) is 4.98 Å². The number of fused-ring (bicyclic) bond motifs is 1. The Hall–Kier alpha value is -3.15. The molecule has 0 aliphatic heterocycles. The highest BCUT2D eigenvalue weighted by Crippen LogP contribution is 2.24. The fourth-order valence-corrected chi connectivity index (χ4v) is 2.79. The number of hydrogen-bond acceptors (Lipinski definition) is 3. The molecule has 1 aromatic heterocycles. The molecule has 0 aliphatic carbocycles. The molecule has 2 N–H and O–H groups in total. The van der Waals surface area contributed by atoms with Gasteiger partial charge in [-0.2, -0.15) is 0 Å². The van der Waals surface area contributed by atoms with Crippen LogP contribution in [0, 0.1) is 12.7 Å². The Balaban J connectivity index is 1.81. The zero-order chi connectivity index (χ0) is 18.0. The van der Waals surface area contributed by atoms with E-state index in [0.29, 0.717) is 16.6 Å².